The number of benzene rings is 2. The number of nitrogens with one attached hydrogen (secondary N) is 2. The number of hydrogen-bond acceptors (Lipinski definition) is 5. The van der Waals surface area contributed by atoms with Crippen molar-refractivity contribution in [2.24, 2.45) is 0 Å². The van der Waals surface area contributed by atoms with E-state index in [0.717, 1.165) is 17.2 Å². The fraction of sp³-hybridized carbons (Fsp3) is 0.100. The molecule has 9 heteroatoms. The van der Waals surface area contributed by atoms with Crippen molar-refractivity contribution in [2.45, 2.75) is 6.54 Å². The van der Waals surface area contributed by atoms with E-state index in [2.05, 4.69) is 20.1 Å². The molecule has 2 aromatic heterocycles. The van der Waals surface area contributed by atoms with Crippen molar-refractivity contribution in [3.63, 3.8) is 0 Å². The van der Waals surface area contributed by atoms with Crippen LogP contribution < -0.4 is 10.0 Å². The number of anilines is 3. The zero-order valence-electron chi connectivity index (χ0n) is 15.5. The second-order valence-electron chi connectivity index (χ2n) is 6.60. The summed E-state index contributed by atoms with van der Waals surface area (Å²) >= 11 is 0. The molecule has 4 aromatic rings. The molecule has 0 fully saturated rings. The summed E-state index contributed by atoms with van der Waals surface area (Å²) in [6, 6.07) is 15.3. The zero-order valence-corrected chi connectivity index (χ0v) is 16.3. The van der Waals surface area contributed by atoms with Crippen LogP contribution in [0.25, 0.3) is 10.9 Å². The van der Waals surface area contributed by atoms with E-state index in [4.69, 9.17) is 0 Å². The van der Waals surface area contributed by atoms with Crippen LogP contribution in [0.15, 0.2) is 67.0 Å². The highest BCUT2D eigenvalue weighted by Crippen LogP contribution is 2.23. The number of hydrogen-bond donors (Lipinski definition) is 2. The lowest BCUT2D eigenvalue weighted by atomic mass is 10.2. The Bertz CT molecular complexity index is 1290. The van der Waals surface area contributed by atoms with Gasteiger partial charge in [0.05, 0.1) is 30.2 Å². The highest BCUT2D eigenvalue weighted by molar-refractivity contribution is 7.92. The van der Waals surface area contributed by atoms with Crippen molar-refractivity contribution >= 4 is 38.1 Å². The van der Waals surface area contributed by atoms with Crippen molar-refractivity contribution in [2.75, 3.05) is 16.3 Å². The maximum atomic E-state index is 14.0. The van der Waals surface area contributed by atoms with Gasteiger partial charge < -0.3 is 5.32 Å². The van der Waals surface area contributed by atoms with Crippen molar-refractivity contribution in [3.05, 3.63) is 78.4 Å². The van der Waals surface area contributed by atoms with Crippen LogP contribution in [0.5, 0.6) is 0 Å². The van der Waals surface area contributed by atoms with E-state index in [1.807, 2.05) is 6.07 Å². The first-order valence-corrected chi connectivity index (χ1v) is 10.7. The molecule has 0 spiro atoms. The summed E-state index contributed by atoms with van der Waals surface area (Å²) in [4.78, 5) is 4.37. The molecule has 4 rings (SSSR count). The van der Waals surface area contributed by atoms with Gasteiger partial charge in [0.2, 0.25) is 10.0 Å². The molecule has 29 heavy (non-hydrogen) atoms. The third kappa shape index (κ3) is 4.52. The van der Waals surface area contributed by atoms with Gasteiger partial charge in [0.1, 0.15) is 11.6 Å². The van der Waals surface area contributed by atoms with E-state index in [1.54, 1.807) is 59.5 Å². The molecule has 0 bridgehead atoms. The summed E-state index contributed by atoms with van der Waals surface area (Å²) in [7, 11) is -3.36. The summed E-state index contributed by atoms with van der Waals surface area (Å²) in [5.74, 6) is 0.281. The number of nitrogens with zero attached hydrogens (tertiary/aromatic N) is 3. The third-order valence-corrected chi connectivity index (χ3v) is 4.85. The topological polar surface area (TPSA) is 88.9 Å². The first-order chi connectivity index (χ1) is 13.9. The van der Waals surface area contributed by atoms with Crippen LogP contribution in [0, 0.1) is 5.82 Å². The number of rotatable bonds is 6. The molecule has 0 aliphatic heterocycles. The zero-order chi connectivity index (χ0) is 20.4. The summed E-state index contributed by atoms with van der Waals surface area (Å²) in [5, 5.41) is 8.33. The molecule has 0 saturated carbocycles. The molecule has 0 aliphatic carbocycles. The summed E-state index contributed by atoms with van der Waals surface area (Å²) < 4.78 is 41.0. The van der Waals surface area contributed by atoms with Gasteiger partial charge in [-0.05, 0) is 24.3 Å². The van der Waals surface area contributed by atoms with Gasteiger partial charge in [-0.25, -0.2) is 17.8 Å². The van der Waals surface area contributed by atoms with E-state index in [0.29, 0.717) is 29.3 Å². The van der Waals surface area contributed by atoms with Gasteiger partial charge in [-0.2, -0.15) is 5.10 Å². The molecule has 7 nitrogen and oxygen atoms in total. The van der Waals surface area contributed by atoms with Crippen LogP contribution in [0.1, 0.15) is 5.56 Å². The first kappa shape index (κ1) is 18.9. The van der Waals surface area contributed by atoms with Crippen LogP contribution in [0.3, 0.4) is 0 Å². The van der Waals surface area contributed by atoms with Gasteiger partial charge in [-0.3, -0.25) is 9.40 Å². The average Bonchev–Trinajstić information content (AvgIpc) is 3.05. The first-order valence-electron chi connectivity index (χ1n) is 8.77. The lowest BCUT2D eigenvalue weighted by molar-refractivity contribution is 0.590. The highest BCUT2D eigenvalue weighted by atomic mass is 32.2. The molecular formula is C20H18FN5O2S. The monoisotopic (exact) mass is 411 g/mol. The Morgan fingerprint density at radius 2 is 1.83 bits per heavy atom. The molecule has 0 radical (unpaired) electrons. The fourth-order valence-electron chi connectivity index (χ4n) is 2.98. The quantitative estimate of drug-likeness (QED) is 0.505. The minimum absolute atomic E-state index is 0.279. The Morgan fingerprint density at radius 1 is 1.03 bits per heavy atom. The Balaban J connectivity index is 1.61. The van der Waals surface area contributed by atoms with Crippen molar-refractivity contribution in [1.82, 2.24) is 14.8 Å². The van der Waals surface area contributed by atoms with Gasteiger partial charge in [-0.15, -0.1) is 0 Å². The Labute approximate surface area is 167 Å². The van der Waals surface area contributed by atoms with Gasteiger partial charge in [-0.1, -0.05) is 24.3 Å². The number of halogens is 1. The lowest BCUT2D eigenvalue weighted by Gasteiger charge is -2.10. The van der Waals surface area contributed by atoms with E-state index in [9.17, 15) is 12.8 Å². The molecule has 2 aromatic carbocycles. The second-order valence-corrected chi connectivity index (χ2v) is 8.35. The number of fused-ring (bicyclic) bond motifs is 1. The SMILES string of the molecule is CS(=O)(=O)Nc1cccc(Nc2cc3c(cn2)cnn3Cc2ccccc2F)c1. The van der Waals surface area contributed by atoms with E-state index < -0.39 is 10.0 Å². The second kappa shape index (κ2) is 7.51. The normalized spacial score (nSPS) is 11.5. The molecule has 2 N–H and O–H groups in total. The fourth-order valence-corrected chi connectivity index (χ4v) is 3.53. The maximum absolute atomic E-state index is 14.0. The Kier molecular flexibility index (Phi) is 4.89. The van der Waals surface area contributed by atoms with Gasteiger partial charge in [0, 0.05) is 28.9 Å². The molecule has 0 aliphatic rings. The number of pyridine rings is 1. The summed E-state index contributed by atoms with van der Waals surface area (Å²) in [5.41, 5.74) is 2.47. The van der Waals surface area contributed by atoms with Crippen molar-refractivity contribution in [1.29, 1.82) is 0 Å². The maximum Gasteiger partial charge on any atom is 0.229 e. The van der Waals surface area contributed by atoms with Crippen LogP contribution in [-0.2, 0) is 16.6 Å². The average molecular weight is 411 g/mol. The van der Waals surface area contributed by atoms with Crippen LogP contribution >= 0.6 is 0 Å². The number of aromatic nitrogens is 3. The predicted molar refractivity (Wildman–Crippen MR) is 111 cm³/mol. The van der Waals surface area contributed by atoms with Crippen molar-refractivity contribution < 1.29 is 12.8 Å². The van der Waals surface area contributed by atoms with Crippen LogP contribution in [0.2, 0.25) is 0 Å². The molecule has 0 atom stereocenters. The van der Waals surface area contributed by atoms with Gasteiger partial charge >= 0.3 is 0 Å². The lowest BCUT2D eigenvalue weighted by Crippen LogP contribution is -2.09. The third-order valence-electron chi connectivity index (χ3n) is 4.24. The van der Waals surface area contributed by atoms with Crippen LogP contribution in [-0.4, -0.2) is 29.4 Å². The van der Waals surface area contributed by atoms with E-state index >= 15 is 0 Å². The number of sulfonamides is 1. The Morgan fingerprint density at radius 3 is 2.62 bits per heavy atom. The van der Waals surface area contributed by atoms with E-state index in [1.165, 1.54) is 6.07 Å². The van der Waals surface area contributed by atoms with Gasteiger partial charge in [0.15, 0.2) is 0 Å². The Hall–Kier alpha value is -3.46. The standard InChI is InChI=1S/C20H18FN5O2S/c1-29(27,28)25-17-7-4-6-16(9-17)24-20-10-19-15(11-22-20)12-23-26(19)13-14-5-2-3-8-18(14)21/h2-12,25H,13H2,1H3,(H,22,24). The smallest absolute Gasteiger partial charge is 0.229 e. The molecule has 0 saturated heterocycles. The van der Waals surface area contributed by atoms with Gasteiger partial charge in [0.25, 0.3) is 0 Å². The highest BCUT2D eigenvalue weighted by Gasteiger charge is 2.09. The molecular weight excluding hydrogens is 393 g/mol. The molecule has 0 amide bonds. The minimum atomic E-state index is -3.36. The minimum Gasteiger partial charge on any atom is -0.340 e. The van der Waals surface area contributed by atoms with Crippen LogP contribution in [0.4, 0.5) is 21.6 Å². The molecule has 148 valence electrons. The predicted octanol–water partition coefficient (Wildman–Crippen LogP) is 3.73. The van der Waals surface area contributed by atoms with Crippen molar-refractivity contribution in [3.8, 4) is 0 Å². The largest absolute Gasteiger partial charge is 0.340 e. The molecule has 2 heterocycles. The van der Waals surface area contributed by atoms with E-state index in [-0.39, 0.29) is 5.82 Å². The summed E-state index contributed by atoms with van der Waals surface area (Å²) in [6.07, 6.45) is 4.46. The molecule has 0 unspecified atom stereocenters. The summed E-state index contributed by atoms with van der Waals surface area (Å²) in [6.45, 7) is 0.299.